The van der Waals surface area contributed by atoms with Crippen molar-refractivity contribution in [3.05, 3.63) is 21.9 Å². The Hall–Kier alpha value is -0.630. The summed E-state index contributed by atoms with van der Waals surface area (Å²) < 4.78 is 0. The van der Waals surface area contributed by atoms with Crippen LogP contribution < -0.4 is 0 Å². The fourth-order valence-corrected chi connectivity index (χ4v) is 3.26. The van der Waals surface area contributed by atoms with Crippen LogP contribution in [-0.4, -0.2) is 5.78 Å². The molecule has 0 saturated heterocycles. The van der Waals surface area contributed by atoms with Crippen molar-refractivity contribution in [1.82, 2.24) is 0 Å². The van der Waals surface area contributed by atoms with E-state index in [-0.39, 0.29) is 5.41 Å². The van der Waals surface area contributed by atoms with E-state index in [0.29, 0.717) is 5.78 Å². The molecule has 0 N–H and O–H groups in total. The summed E-state index contributed by atoms with van der Waals surface area (Å²) in [5.74, 6) is 0.355. The van der Waals surface area contributed by atoms with Gasteiger partial charge in [-0.05, 0) is 29.9 Å². The zero-order valence-electron chi connectivity index (χ0n) is 8.09. The highest BCUT2D eigenvalue weighted by molar-refractivity contribution is 7.12. The summed E-state index contributed by atoms with van der Waals surface area (Å²) >= 11 is 1.60. The normalized spacial score (nSPS) is 19.1. The molecule has 0 atom stereocenters. The number of carbonyl (C=O) groups excluding carboxylic acids is 1. The van der Waals surface area contributed by atoms with Gasteiger partial charge >= 0.3 is 0 Å². The van der Waals surface area contributed by atoms with Crippen molar-refractivity contribution in [2.75, 3.05) is 0 Å². The Kier molecular flexibility index (Phi) is 2.03. The third-order valence-corrected chi connectivity index (χ3v) is 4.30. The molecule has 1 aliphatic carbocycles. The van der Waals surface area contributed by atoms with Crippen molar-refractivity contribution in [3.8, 4) is 0 Å². The van der Waals surface area contributed by atoms with Gasteiger partial charge in [-0.3, -0.25) is 4.79 Å². The number of thiophene rings is 1. The van der Waals surface area contributed by atoms with E-state index in [9.17, 15) is 4.79 Å². The fourth-order valence-electron chi connectivity index (χ4n) is 2.31. The average Bonchev–Trinajstić information content (AvgIpc) is 2.69. The first-order valence-corrected chi connectivity index (χ1v) is 5.72. The number of rotatable bonds is 2. The highest BCUT2D eigenvalue weighted by Crippen LogP contribution is 2.45. The van der Waals surface area contributed by atoms with Gasteiger partial charge in [0.15, 0.2) is 5.78 Å². The minimum atomic E-state index is 0.173. The SMILES string of the molecule is CCC1(CC)CC(=O)c2sccc21. The van der Waals surface area contributed by atoms with Gasteiger partial charge in [0.2, 0.25) is 0 Å². The molecule has 1 aromatic rings. The Morgan fingerprint density at radius 1 is 1.46 bits per heavy atom. The Balaban J connectivity index is 2.53. The molecule has 2 rings (SSSR count). The molecule has 0 spiro atoms. The van der Waals surface area contributed by atoms with E-state index in [1.54, 1.807) is 11.3 Å². The molecule has 1 aliphatic rings. The molecule has 1 aromatic heterocycles. The lowest BCUT2D eigenvalue weighted by Gasteiger charge is -2.25. The lowest BCUT2D eigenvalue weighted by Crippen LogP contribution is -2.20. The van der Waals surface area contributed by atoms with E-state index < -0.39 is 0 Å². The Labute approximate surface area is 82.8 Å². The van der Waals surface area contributed by atoms with Gasteiger partial charge in [-0.1, -0.05) is 13.8 Å². The molecule has 0 fully saturated rings. The molecule has 1 nitrogen and oxygen atoms in total. The maximum atomic E-state index is 11.7. The van der Waals surface area contributed by atoms with E-state index >= 15 is 0 Å². The molecular weight excluding hydrogens is 180 g/mol. The van der Waals surface area contributed by atoms with E-state index in [4.69, 9.17) is 0 Å². The number of Topliss-reactive ketones (excluding diaryl/α,β-unsaturated/α-hetero) is 1. The third kappa shape index (κ3) is 1.08. The smallest absolute Gasteiger partial charge is 0.173 e. The summed E-state index contributed by atoms with van der Waals surface area (Å²) in [6, 6.07) is 2.14. The second-order valence-electron chi connectivity index (χ2n) is 3.75. The zero-order chi connectivity index (χ0) is 9.47. The quantitative estimate of drug-likeness (QED) is 0.705. The number of ketones is 1. The van der Waals surface area contributed by atoms with Crippen LogP contribution in [0.3, 0.4) is 0 Å². The maximum Gasteiger partial charge on any atom is 0.173 e. The predicted molar refractivity (Wildman–Crippen MR) is 55.5 cm³/mol. The first kappa shape index (κ1) is 8.95. The summed E-state index contributed by atoms with van der Waals surface area (Å²) in [6.45, 7) is 4.37. The van der Waals surface area contributed by atoms with Crippen LogP contribution in [0, 0.1) is 0 Å². The van der Waals surface area contributed by atoms with Crippen molar-refractivity contribution < 1.29 is 4.79 Å². The van der Waals surface area contributed by atoms with Gasteiger partial charge in [-0.25, -0.2) is 0 Å². The largest absolute Gasteiger partial charge is 0.293 e. The summed E-state index contributed by atoms with van der Waals surface area (Å²) in [5.41, 5.74) is 1.49. The Bertz CT molecular complexity index is 334. The van der Waals surface area contributed by atoms with Crippen LogP contribution in [-0.2, 0) is 5.41 Å². The molecule has 0 aliphatic heterocycles. The van der Waals surface area contributed by atoms with E-state index in [1.807, 2.05) is 5.38 Å². The van der Waals surface area contributed by atoms with Crippen molar-refractivity contribution in [3.63, 3.8) is 0 Å². The van der Waals surface area contributed by atoms with Gasteiger partial charge < -0.3 is 0 Å². The van der Waals surface area contributed by atoms with Crippen LogP contribution in [0.2, 0.25) is 0 Å². The second-order valence-corrected chi connectivity index (χ2v) is 4.67. The molecule has 0 bridgehead atoms. The van der Waals surface area contributed by atoms with Crippen LogP contribution in [0.5, 0.6) is 0 Å². The van der Waals surface area contributed by atoms with Crippen molar-refractivity contribution >= 4 is 17.1 Å². The van der Waals surface area contributed by atoms with Crippen molar-refractivity contribution in [1.29, 1.82) is 0 Å². The molecule has 0 aromatic carbocycles. The number of hydrogen-bond acceptors (Lipinski definition) is 2. The lowest BCUT2D eigenvalue weighted by molar-refractivity contribution is 0.0973. The van der Waals surface area contributed by atoms with Crippen LogP contribution >= 0.6 is 11.3 Å². The summed E-state index contributed by atoms with van der Waals surface area (Å²) in [6.07, 6.45) is 2.90. The van der Waals surface area contributed by atoms with Crippen LogP contribution in [0.25, 0.3) is 0 Å². The molecule has 1 heterocycles. The van der Waals surface area contributed by atoms with E-state index in [0.717, 1.165) is 24.1 Å². The summed E-state index contributed by atoms with van der Waals surface area (Å²) in [7, 11) is 0. The maximum absolute atomic E-state index is 11.7. The van der Waals surface area contributed by atoms with Crippen LogP contribution in [0.1, 0.15) is 48.3 Å². The Morgan fingerprint density at radius 2 is 2.15 bits per heavy atom. The minimum Gasteiger partial charge on any atom is -0.293 e. The van der Waals surface area contributed by atoms with Gasteiger partial charge in [0.25, 0.3) is 0 Å². The fraction of sp³-hybridized carbons (Fsp3) is 0.545. The first-order valence-electron chi connectivity index (χ1n) is 4.84. The van der Waals surface area contributed by atoms with Crippen molar-refractivity contribution in [2.24, 2.45) is 0 Å². The van der Waals surface area contributed by atoms with E-state index in [1.165, 1.54) is 5.56 Å². The number of carbonyl (C=O) groups is 1. The van der Waals surface area contributed by atoms with Crippen LogP contribution in [0.4, 0.5) is 0 Å². The molecular formula is C11H14OS. The van der Waals surface area contributed by atoms with Crippen LogP contribution in [0.15, 0.2) is 11.4 Å². The molecule has 13 heavy (non-hydrogen) atoms. The highest BCUT2D eigenvalue weighted by Gasteiger charge is 2.41. The standard InChI is InChI=1S/C11H14OS/c1-3-11(4-2)7-9(12)10-8(11)5-6-13-10/h5-6H,3-4,7H2,1-2H3. The van der Waals surface area contributed by atoms with Gasteiger partial charge in [0.05, 0.1) is 4.88 Å². The van der Waals surface area contributed by atoms with Gasteiger partial charge in [-0.2, -0.15) is 0 Å². The van der Waals surface area contributed by atoms with Gasteiger partial charge in [0, 0.05) is 11.8 Å². The zero-order valence-corrected chi connectivity index (χ0v) is 8.91. The monoisotopic (exact) mass is 194 g/mol. The second kappa shape index (κ2) is 2.95. The van der Waals surface area contributed by atoms with E-state index in [2.05, 4.69) is 19.9 Å². The first-order chi connectivity index (χ1) is 6.23. The van der Waals surface area contributed by atoms with Gasteiger partial charge in [0.1, 0.15) is 0 Å². The topological polar surface area (TPSA) is 17.1 Å². The minimum absolute atomic E-state index is 0.173. The molecule has 2 heteroatoms. The molecule has 0 radical (unpaired) electrons. The highest BCUT2D eigenvalue weighted by atomic mass is 32.1. The summed E-state index contributed by atoms with van der Waals surface area (Å²) in [5, 5.41) is 2.04. The van der Waals surface area contributed by atoms with Gasteiger partial charge in [-0.15, -0.1) is 11.3 Å². The number of hydrogen-bond donors (Lipinski definition) is 0. The molecule has 0 unspecified atom stereocenters. The Morgan fingerprint density at radius 3 is 2.77 bits per heavy atom. The summed E-state index contributed by atoms with van der Waals surface area (Å²) in [4.78, 5) is 12.7. The molecule has 0 saturated carbocycles. The molecule has 70 valence electrons. The molecule has 0 amide bonds. The predicted octanol–water partition coefficient (Wildman–Crippen LogP) is 3.39. The third-order valence-electron chi connectivity index (χ3n) is 3.34. The number of fused-ring (bicyclic) bond motifs is 1. The lowest BCUT2D eigenvalue weighted by atomic mass is 9.78. The average molecular weight is 194 g/mol. The van der Waals surface area contributed by atoms with Crippen molar-refractivity contribution in [2.45, 2.75) is 38.5 Å².